The SMILES string of the molecule is COc1ccc(Cc2nnc(S[C@@H](C)C(=O)Nc3ccc(C)cc3C)o2)cc1. The average molecular weight is 398 g/mol. The molecule has 0 bridgehead atoms. The number of rotatable bonds is 7. The third-order valence-corrected chi connectivity index (χ3v) is 5.18. The van der Waals surface area contributed by atoms with Gasteiger partial charge in [0.25, 0.3) is 5.22 Å². The van der Waals surface area contributed by atoms with Gasteiger partial charge in [-0.05, 0) is 50.1 Å². The Hall–Kier alpha value is -2.80. The Morgan fingerprint density at radius 2 is 1.93 bits per heavy atom. The summed E-state index contributed by atoms with van der Waals surface area (Å²) in [5, 5.41) is 11.1. The highest BCUT2D eigenvalue weighted by Crippen LogP contribution is 2.25. The molecule has 0 aliphatic heterocycles. The van der Waals surface area contributed by atoms with Crippen LogP contribution in [-0.2, 0) is 11.2 Å². The summed E-state index contributed by atoms with van der Waals surface area (Å²) >= 11 is 1.25. The minimum Gasteiger partial charge on any atom is -0.497 e. The lowest BCUT2D eigenvalue weighted by Gasteiger charge is -2.12. The van der Waals surface area contributed by atoms with E-state index in [0.29, 0.717) is 17.5 Å². The van der Waals surface area contributed by atoms with Crippen LogP contribution in [0.5, 0.6) is 5.75 Å². The predicted molar refractivity (Wildman–Crippen MR) is 110 cm³/mol. The van der Waals surface area contributed by atoms with Gasteiger partial charge in [-0.25, -0.2) is 0 Å². The number of carbonyl (C=O) groups excluding carboxylic acids is 1. The summed E-state index contributed by atoms with van der Waals surface area (Å²) in [5.74, 6) is 1.20. The molecule has 146 valence electrons. The van der Waals surface area contributed by atoms with Crippen LogP contribution in [-0.4, -0.2) is 28.5 Å². The maximum atomic E-state index is 12.5. The first-order valence-electron chi connectivity index (χ1n) is 8.94. The zero-order chi connectivity index (χ0) is 20.1. The molecule has 3 rings (SSSR count). The molecule has 0 aliphatic rings. The van der Waals surface area contributed by atoms with Gasteiger partial charge in [0, 0.05) is 5.69 Å². The molecule has 6 nitrogen and oxygen atoms in total. The lowest BCUT2D eigenvalue weighted by Crippen LogP contribution is -2.22. The molecule has 1 heterocycles. The van der Waals surface area contributed by atoms with Crippen LogP contribution in [0, 0.1) is 13.8 Å². The van der Waals surface area contributed by atoms with E-state index in [2.05, 4.69) is 15.5 Å². The van der Waals surface area contributed by atoms with Crippen LogP contribution in [0.4, 0.5) is 5.69 Å². The second-order valence-corrected chi connectivity index (χ2v) is 7.85. The number of hydrogen-bond acceptors (Lipinski definition) is 6. The van der Waals surface area contributed by atoms with E-state index in [9.17, 15) is 4.79 Å². The van der Waals surface area contributed by atoms with E-state index in [1.165, 1.54) is 11.8 Å². The summed E-state index contributed by atoms with van der Waals surface area (Å²) in [4.78, 5) is 12.5. The predicted octanol–water partition coefficient (Wildman–Crippen LogP) is 4.41. The number of hydrogen-bond donors (Lipinski definition) is 1. The van der Waals surface area contributed by atoms with E-state index < -0.39 is 0 Å². The van der Waals surface area contributed by atoms with Gasteiger partial charge >= 0.3 is 0 Å². The van der Waals surface area contributed by atoms with Gasteiger partial charge in [-0.1, -0.05) is 41.6 Å². The average Bonchev–Trinajstić information content (AvgIpc) is 3.11. The first-order chi connectivity index (χ1) is 13.4. The van der Waals surface area contributed by atoms with Crippen LogP contribution in [0.3, 0.4) is 0 Å². The Morgan fingerprint density at radius 3 is 2.61 bits per heavy atom. The summed E-state index contributed by atoms with van der Waals surface area (Å²) in [5.41, 5.74) is 4.05. The summed E-state index contributed by atoms with van der Waals surface area (Å²) in [6, 6.07) is 13.6. The van der Waals surface area contributed by atoms with Crippen molar-refractivity contribution in [1.29, 1.82) is 0 Å². The van der Waals surface area contributed by atoms with Crippen LogP contribution in [0.25, 0.3) is 0 Å². The molecule has 0 aliphatic carbocycles. The molecule has 0 unspecified atom stereocenters. The zero-order valence-electron chi connectivity index (χ0n) is 16.4. The number of amides is 1. The van der Waals surface area contributed by atoms with E-state index in [1.807, 2.05) is 63.2 Å². The highest BCUT2D eigenvalue weighted by molar-refractivity contribution is 8.00. The largest absolute Gasteiger partial charge is 0.497 e. The topological polar surface area (TPSA) is 77.2 Å². The summed E-state index contributed by atoms with van der Waals surface area (Å²) in [7, 11) is 1.63. The molecule has 2 aromatic carbocycles. The molecular formula is C21H23N3O3S. The number of nitrogens with one attached hydrogen (secondary N) is 1. The van der Waals surface area contributed by atoms with Crippen LogP contribution in [0.2, 0.25) is 0 Å². The molecule has 3 aromatic rings. The van der Waals surface area contributed by atoms with E-state index in [-0.39, 0.29) is 11.2 Å². The van der Waals surface area contributed by atoms with Crippen molar-refractivity contribution in [1.82, 2.24) is 10.2 Å². The van der Waals surface area contributed by atoms with Gasteiger partial charge in [0.1, 0.15) is 5.75 Å². The maximum Gasteiger partial charge on any atom is 0.277 e. The fourth-order valence-electron chi connectivity index (χ4n) is 2.67. The van der Waals surface area contributed by atoms with Gasteiger partial charge in [0.15, 0.2) is 0 Å². The van der Waals surface area contributed by atoms with Crippen molar-refractivity contribution < 1.29 is 13.9 Å². The molecule has 0 spiro atoms. The fraction of sp³-hybridized carbons (Fsp3) is 0.286. The number of benzene rings is 2. The summed E-state index contributed by atoms with van der Waals surface area (Å²) in [6.07, 6.45) is 0.528. The van der Waals surface area contributed by atoms with E-state index >= 15 is 0 Å². The van der Waals surface area contributed by atoms with Crippen molar-refractivity contribution in [2.45, 2.75) is 37.7 Å². The number of thioether (sulfide) groups is 1. The summed E-state index contributed by atoms with van der Waals surface area (Å²) < 4.78 is 10.8. The van der Waals surface area contributed by atoms with Gasteiger partial charge in [-0.2, -0.15) is 0 Å². The molecular weight excluding hydrogens is 374 g/mol. The van der Waals surface area contributed by atoms with Crippen molar-refractivity contribution in [3.63, 3.8) is 0 Å². The van der Waals surface area contributed by atoms with Crippen LogP contribution in [0.1, 0.15) is 29.5 Å². The normalized spacial score (nSPS) is 11.9. The monoisotopic (exact) mass is 397 g/mol. The number of aryl methyl sites for hydroxylation is 2. The number of carbonyl (C=O) groups is 1. The quantitative estimate of drug-likeness (QED) is 0.595. The van der Waals surface area contributed by atoms with Gasteiger partial charge in [-0.3, -0.25) is 4.79 Å². The third-order valence-electron chi connectivity index (χ3n) is 4.25. The van der Waals surface area contributed by atoms with E-state index in [4.69, 9.17) is 9.15 Å². The number of methoxy groups -OCH3 is 1. The van der Waals surface area contributed by atoms with Crippen molar-refractivity contribution in [3.05, 3.63) is 65.0 Å². The van der Waals surface area contributed by atoms with Crippen molar-refractivity contribution in [2.75, 3.05) is 12.4 Å². The number of nitrogens with zero attached hydrogens (tertiary/aromatic N) is 2. The van der Waals surface area contributed by atoms with Crippen LogP contribution < -0.4 is 10.1 Å². The van der Waals surface area contributed by atoms with Crippen molar-refractivity contribution in [2.24, 2.45) is 0 Å². The first kappa shape index (κ1) is 19.9. The minimum atomic E-state index is -0.366. The Labute approximate surface area is 168 Å². The lowest BCUT2D eigenvalue weighted by molar-refractivity contribution is -0.115. The molecule has 1 atom stereocenters. The molecule has 1 N–H and O–H groups in total. The Bertz CT molecular complexity index is 954. The van der Waals surface area contributed by atoms with Crippen molar-refractivity contribution in [3.8, 4) is 5.75 Å². The van der Waals surface area contributed by atoms with Gasteiger partial charge in [-0.15, -0.1) is 10.2 Å². The zero-order valence-corrected chi connectivity index (χ0v) is 17.2. The molecule has 1 amide bonds. The third kappa shape index (κ3) is 5.13. The van der Waals surface area contributed by atoms with Crippen LogP contribution >= 0.6 is 11.8 Å². The molecule has 0 radical (unpaired) electrons. The van der Waals surface area contributed by atoms with Crippen molar-refractivity contribution >= 4 is 23.4 Å². The second-order valence-electron chi connectivity index (χ2n) is 6.55. The highest BCUT2D eigenvalue weighted by atomic mass is 32.2. The minimum absolute atomic E-state index is 0.105. The number of aromatic nitrogens is 2. The van der Waals surface area contributed by atoms with E-state index in [1.54, 1.807) is 7.11 Å². The number of ether oxygens (including phenoxy) is 1. The molecule has 0 saturated heterocycles. The molecule has 0 fully saturated rings. The highest BCUT2D eigenvalue weighted by Gasteiger charge is 2.19. The molecule has 1 aromatic heterocycles. The molecule has 0 saturated carbocycles. The second kappa shape index (κ2) is 8.93. The lowest BCUT2D eigenvalue weighted by atomic mass is 10.1. The smallest absolute Gasteiger partial charge is 0.277 e. The first-order valence-corrected chi connectivity index (χ1v) is 9.82. The van der Waals surface area contributed by atoms with E-state index in [0.717, 1.165) is 28.1 Å². The Morgan fingerprint density at radius 1 is 1.18 bits per heavy atom. The van der Waals surface area contributed by atoms with Gasteiger partial charge < -0.3 is 14.5 Å². The van der Waals surface area contributed by atoms with Crippen LogP contribution in [0.15, 0.2) is 52.1 Å². The standard InChI is InChI=1S/C21H23N3O3S/c1-13-5-10-18(14(2)11-13)22-20(25)15(3)28-21-24-23-19(27-21)12-16-6-8-17(26-4)9-7-16/h5-11,15H,12H2,1-4H3,(H,22,25)/t15-/m0/s1. The molecule has 28 heavy (non-hydrogen) atoms. The fourth-order valence-corrected chi connectivity index (χ4v) is 3.37. The maximum absolute atomic E-state index is 12.5. The Balaban J connectivity index is 1.58. The summed E-state index contributed by atoms with van der Waals surface area (Å²) in [6.45, 7) is 5.82. The van der Waals surface area contributed by atoms with Gasteiger partial charge in [0.05, 0.1) is 18.8 Å². The number of anilines is 1. The Kier molecular flexibility index (Phi) is 6.36. The van der Waals surface area contributed by atoms with Gasteiger partial charge in [0.2, 0.25) is 11.8 Å². The molecule has 7 heteroatoms.